The number of imide groups is 1. The molecule has 0 N–H and O–H groups in total. The molecule has 63 heavy (non-hydrogen) atoms. The van der Waals surface area contributed by atoms with E-state index in [0.29, 0.717) is 29.8 Å². The van der Waals surface area contributed by atoms with E-state index in [0.717, 1.165) is 69.9 Å². The van der Waals surface area contributed by atoms with Crippen molar-refractivity contribution < 1.29 is 45.5 Å². The number of benzene rings is 6. The van der Waals surface area contributed by atoms with Gasteiger partial charge in [0.2, 0.25) is 5.41 Å². The van der Waals surface area contributed by atoms with Gasteiger partial charge in [0.15, 0.2) is 11.6 Å². The standard InChI is InChI=1S/C51H42F6N2O4/c1-29-13-11-12-16-43(29)48(34-14-9-8-10-15-34,35-19-23-44(58(6)7)30(2)25-35)36-20-24-45(31(3)26-36)59-46(62)40-22-18-38(28-42(40)47(59)63)49(50(52,53)54,51(55,56)57)37-17-21-39(32(4)60)41(27-37)33(5)61/h8-28H,1-7H3/t48-/m0/s1. The van der Waals surface area contributed by atoms with Crippen molar-refractivity contribution in [3.8, 4) is 0 Å². The summed E-state index contributed by atoms with van der Waals surface area (Å²) in [5.74, 6) is -3.72. The number of aryl methyl sites for hydroxylation is 3. The van der Waals surface area contributed by atoms with Crippen molar-refractivity contribution in [2.45, 2.75) is 57.8 Å². The number of carbonyl (C=O) groups is 4. The highest BCUT2D eigenvalue weighted by atomic mass is 19.4. The minimum Gasteiger partial charge on any atom is -0.377 e. The van der Waals surface area contributed by atoms with Gasteiger partial charge in [-0.25, -0.2) is 4.90 Å². The quantitative estimate of drug-likeness (QED) is 0.0594. The molecule has 322 valence electrons. The first-order chi connectivity index (χ1) is 29.6. The lowest BCUT2D eigenvalue weighted by molar-refractivity contribution is -0.288. The molecule has 0 radical (unpaired) electrons. The number of hydrogen-bond donors (Lipinski definition) is 0. The Kier molecular flexibility index (Phi) is 11.1. The number of hydrogen-bond acceptors (Lipinski definition) is 5. The van der Waals surface area contributed by atoms with Crippen LogP contribution in [0.5, 0.6) is 0 Å². The molecule has 0 aromatic heterocycles. The molecule has 7 rings (SSSR count). The fraction of sp³-hybridized carbons (Fsp3) is 0.216. The third-order valence-corrected chi connectivity index (χ3v) is 12.1. The smallest absolute Gasteiger partial charge is 0.377 e. The van der Waals surface area contributed by atoms with E-state index in [2.05, 4.69) is 12.1 Å². The van der Waals surface area contributed by atoms with Gasteiger partial charge in [0, 0.05) is 30.9 Å². The molecule has 0 unspecified atom stereocenters. The van der Waals surface area contributed by atoms with Crippen molar-refractivity contribution in [3.63, 3.8) is 0 Å². The van der Waals surface area contributed by atoms with E-state index in [-0.39, 0.29) is 11.3 Å². The summed E-state index contributed by atoms with van der Waals surface area (Å²) < 4.78 is 91.9. The Morgan fingerprint density at radius 3 is 1.59 bits per heavy atom. The topological polar surface area (TPSA) is 74.8 Å². The second-order valence-corrected chi connectivity index (χ2v) is 16.2. The SMILES string of the molecule is CC(=O)c1ccc(C(c2ccc3c(c2)C(=O)N(c2ccc([C@](c4ccccc4)(c4ccc(N(C)C)c(C)c4)c4ccccc4C)cc2C)C3=O)(C(F)(F)F)C(F)(F)F)cc1C(C)=O. The Hall–Kier alpha value is -6.82. The van der Waals surface area contributed by atoms with Gasteiger partial charge in [-0.3, -0.25) is 19.2 Å². The Balaban J connectivity index is 1.40. The van der Waals surface area contributed by atoms with Crippen LogP contribution in [0.15, 0.2) is 127 Å². The average Bonchev–Trinajstić information content (AvgIpc) is 3.46. The predicted molar refractivity (Wildman–Crippen MR) is 230 cm³/mol. The van der Waals surface area contributed by atoms with E-state index in [4.69, 9.17) is 0 Å². The Morgan fingerprint density at radius 1 is 0.508 bits per heavy atom. The lowest BCUT2D eigenvalue weighted by atomic mass is 9.63. The highest BCUT2D eigenvalue weighted by molar-refractivity contribution is 6.34. The van der Waals surface area contributed by atoms with Gasteiger partial charge in [-0.1, -0.05) is 97.1 Å². The van der Waals surface area contributed by atoms with Crippen molar-refractivity contribution in [2.75, 3.05) is 23.9 Å². The van der Waals surface area contributed by atoms with Crippen molar-refractivity contribution in [1.29, 1.82) is 0 Å². The monoisotopic (exact) mass is 860 g/mol. The molecule has 6 aromatic carbocycles. The molecule has 0 bridgehead atoms. The normalized spacial score (nSPS) is 14.1. The first-order valence-electron chi connectivity index (χ1n) is 19.9. The summed E-state index contributed by atoms with van der Waals surface area (Å²) in [6.07, 6.45) is -12.2. The molecule has 0 aliphatic carbocycles. The van der Waals surface area contributed by atoms with Crippen LogP contribution >= 0.6 is 0 Å². The third-order valence-electron chi connectivity index (χ3n) is 12.1. The molecule has 1 aliphatic heterocycles. The van der Waals surface area contributed by atoms with Crippen LogP contribution in [-0.4, -0.2) is 49.8 Å². The summed E-state index contributed by atoms with van der Waals surface area (Å²) in [6.45, 7) is 7.66. The van der Waals surface area contributed by atoms with E-state index in [1.54, 1.807) is 19.1 Å². The number of carbonyl (C=O) groups excluding carboxylic acids is 4. The van der Waals surface area contributed by atoms with Crippen molar-refractivity contribution in [1.82, 2.24) is 0 Å². The number of rotatable bonds is 10. The molecule has 0 spiro atoms. The van der Waals surface area contributed by atoms with Crippen molar-refractivity contribution in [2.24, 2.45) is 0 Å². The Bertz CT molecular complexity index is 2830. The summed E-state index contributed by atoms with van der Waals surface area (Å²) in [5, 5.41) is 0. The summed E-state index contributed by atoms with van der Waals surface area (Å²) in [6, 6.07) is 32.6. The maximum absolute atomic E-state index is 15.3. The predicted octanol–water partition coefficient (Wildman–Crippen LogP) is 11.7. The minimum atomic E-state index is -6.09. The van der Waals surface area contributed by atoms with Gasteiger partial charge in [-0.05, 0) is 115 Å². The van der Waals surface area contributed by atoms with Crippen LogP contribution in [0.4, 0.5) is 37.7 Å². The fourth-order valence-corrected chi connectivity index (χ4v) is 9.23. The van der Waals surface area contributed by atoms with Crippen molar-refractivity contribution in [3.05, 3.63) is 200 Å². The van der Waals surface area contributed by atoms with Gasteiger partial charge >= 0.3 is 12.4 Å². The molecule has 1 atom stereocenters. The number of nitrogens with zero attached hydrogens (tertiary/aromatic N) is 2. The summed E-state index contributed by atoms with van der Waals surface area (Å²) >= 11 is 0. The second-order valence-electron chi connectivity index (χ2n) is 16.2. The summed E-state index contributed by atoms with van der Waals surface area (Å²) in [4.78, 5) is 55.9. The molecule has 6 nitrogen and oxygen atoms in total. The molecule has 0 fully saturated rings. The molecule has 0 saturated carbocycles. The number of Topliss-reactive ketones (excluding diaryl/α,β-unsaturated/α-hetero) is 2. The van der Waals surface area contributed by atoms with E-state index < -0.39 is 74.4 Å². The van der Waals surface area contributed by atoms with Crippen LogP contribution in [0.1, 0.15) is 105 Å². The molecule has 0 saturated heterocycles. The van der Waals surface area contributed by atoms with Gasteiger partial charge in [0.1, 0.15) is 0 Å². The van der Waals surface area contributed by atoms with Crippen LogP contribution < -0.4 is 9.80 Å². The van der Waals surface area contributed by atoms with Gasteiger partial charge in [0.05, 0.1) is 22.2 Å². The zero-order valence-corrected chi connectivity index (χ0v) is 35.4. The van der Waals surface area contributed by atoms with E-state index in [1.807, 2.05) is 99.6 Å². The summed E-state index contributed by atoms with van der Waals surface area (Å²) in [5.41, 5.74) is -3.47. The van der Waals surface area contributed by atoms with Crippen LogP contribution in [0.25, 0.3) is 0 Å². The third kappa shape index (κ3) is 6.92. The van der Waals surface area contributed by atoms with Crippen LogP contribution in [0, 0.1) is 20.8 Å². The van der Waals surface area contributed by atoms with Crippen LogP contribution in [0.3, 0.4) is 0 Å². The number of ketones is 2. The molecule has 1 aliphatic rings. The largest absolute Gasteiger partial charge is 0.411 e. The molecular weight excluding hydrogens is 819 g/mol. The number of anilines is 2. The number of alkyl halides is 6. The van der Waals surface area contributed by atoms with E-state index >= 15 is 26.3 Å². The maximum atomic E-state index is 15.3. The number of fused-ring (bicyclic) bond motifs is 1. The highest BCUT2D eigenvalue weighted by Crippen LogP contribution is 2.57. The average molecular weight is 861 g/mol. The van der Waals surface area contributed by atoms with Gasteiger partial charge in [0.25, 0.3) is 11.8 Å². The maximum Gasteiger partial charge on any atom is 0.411 e. The van der Waals surface area contributed by atoms with Crippen LogP contribution in [0.2, 0.25) is 0 Å². The highest BCUT2D eigenvalue weighted by Gasteiger charge is 2.73. The first-order valence-corrected chi connectivity index (χ1v) is 19.9. The van der Waals surface area contributed by atoms with Gasteiger partial charge in [-0.2, -0.15) is 26.3 Å². The Morgan fingerprint density at radius 2 is 1.03 bits per heavy atom. The molecular formula is C51H42F6N2O4. The van der Waals surface area contributed by atoms with Gasteiger partial charge < -0.3 is 4.90 Å². The van der Waals surface area contributed by atoms with Gasteiger partial charge in [-0.15, -0.1) is 0 Å². The lowest BCUT2D eigenvalue weighted by Gasteiger charge is -2.39. The van der Waals surface area contributed by atoms with E-state index in [1.165, 1.54) is 0 Å². The zero-order valence-electron chi connectivity index (χ0n) is 35.4. The fourth-order valence-electron chi connectivity index (χ4n) is 9.23. The summed E-state index contributed by atoms with van der Waals surface area (Å²) in [7, 11) is 3.92. The number of halogens is 6. The second kappa shape index (κ2) is 15.8. The molecule has 12 heteroatoms. The molecule has 1 heterocycles. The van der Waals surface area contributed by atoms with E-state index in [9.17, 15) is 19.2 Å². The van der Waals surface area contributed by atoms with Crippen molar-refractivity contribution >= 4 is 34.8 Å². The zero-order chi connectivity index (χ0) is 46.0. The Labute approximate surface area is 360 Å². The molecule has 6 aromatic rings. The number of amides is 2. The van der Waals surface area contributed by atoms with Crippen LogP contribution in [-0.2, 0) is 10.8 Å². The first kappa shape index (κ1) is 44.2. The minimum absolute atomic E-state index is 0.0845. The molecule has 2 amide bonds. The lowest BCUT2D eigenvalue weighted by Crippen LogP contribution is -2.55.